The zero-order valence-electron chi connectivity index (χ0n) is 15.5. The molecule has 0 spiro atoms. The monoisotopic (exact) mass is 365 g/mol. The maximum Gasteiger partial charge on any atom is 0.319 e. The molecule has 2 aromatic carbocycles. The lowest BCUT2D eigenvalue weighted by Crippen LogP contribution is -2.39. The van der Waals surface area contributed by atoms with E-state index in [9.17, 15) is 9.59 Å². The van der Waals surface area contributed by atoms with Gasteiger partial charge >= 0.3 is 6.03 Å². The molecule has 0 saturated heterocycles. The van der Waals surface area contributed by atoms with E-state index in [-0.39, 0.29) is 18.0 Å². The standard InChI is InChI=1S/C22H27N3O2/c26-21(23-16-15-17-9-3-1-4-10-17)19-13-7-8-14-20(19)25-22(27)24-18-11-5-2-6-12-18/h1,3-4,7-10,13-14,18H,2,5-6,11-12,15-16H2,(H,23,26)(H2,24,25,27). The molecule has 0 radical (unpaired) electrons. The lowest BCUT2D eigenvalue weighted by atomic mass is 9.96. The Morgan fingerprint density at radius 2 is 1.59 bits per heavy atom. The fourth-order valence-electron chi connectivity index (χ4n) is 3.44. The van der Waals surface area contributed by atoms with E-state index in [1.807, 2.05) is 36.4 Å². The molecule has 3 N–H and O–H groups in total. The van der Waals surface area contributed by atoms with Gasteiger partial charge in [-0.1, -0.05) is 61.7 Å². The fraction of sp³-hybridized carbons (Fsp3) is 0.364. The number of nitrogens with one attached hydrogen (secondary N) is 3. The summed E-state index contributed by atoms with van der Waals surface area (Å²) in [5.74, 6) is -0.181. The lowest BCUT2D eigenvalue weighted by molar-refractivity contribution is 0.0955. The summed E-state index contributed by atoms with van der Waals surface area (Å²) in [4.78, 5) is 24.8. The van der Waals surface area contributed by atoms with Crippen molar-refractivity contribution in [2.45, 2.75) is 44.6 Å². The molecule has 3 rings (SSSR count). The maximum absolute atomic E-state index is 12.5. The molecule has 27 heavy (non-hydrogen) atoms. The third-order valence-electron chi connectivity index (χ3n) is 4.90. The summed E-state index contributed by atoms with van der Waals surface area (Å²) in [5.41, 5.74) is 2.18. The van der Waals surface area contributed by atoms with Crippen LogP contribution in [0.15, 0.2) is 54.6 Å². The second kappa shape index (κ2) is 9.76. The van der Waals surface area contributed by atoms with E-state index in [0.29, 0.717) is 17.8 Å². The van der Waals surface area contributed by atoms with Gasteiger partial charge in [-0.15, -0.1) is 0 Å². The number of carbonyl (C=O) groups is 2. The molecule has 1 aliphatic carbocycles. The van der Waals surface area contributed by atoms with E-state index in [1.54, 1.807) is 18.2 Å². The zero-order valence-corrected chi connectivity index (χ0v) is 15.5. The highest BCUT2D eigenvalue weighted by atomic mass is 16.2. The lowest BCUT2D eigenvalue weighted by Gasteiger charge is -2.23. The Labute approximate surface area is 160 Å². The summed E-state index contributed by atoms with van der Waals surface area (Å²) < 4.78 is 0. The molecule has 3 amide bonds. The van der Waals surface area contributed by atoms with Gasteiger partial charge in [-0.2, -0.15) is 0 Å². The van der Waals surface area contributed by atoms with Crippen LogP contribution in [0.1, 0.15) is 48.0 Å². The Kier molecular flexibility index (Phi) is 6.85. The van der Waals surface area contributed by atoms with Crippen molar-refractivity contribution >= 4 is 17.6 Å². The van der Waals surface area contributed by atoms with E-state index in [4.69, 9.17) is 0 Å². The Morgan fingerprint density at radius 1 is 0.889 bits per heavy atom. The third-order valence-corrected chi connectivity index (χ3v) is 4.90. The topological polar surface area (TPSA) is 70.2 Å². The molecular weight excluding hydrogens is 338 g/mol. The first kappa shape index (κ1) is 19.0. The molecule has 0 heterocycles. The van der Waals surface area contributed by atoms with E-state index < -0.39 is 0 Å². The summed E-state index contributed by atoms with van der Waals surface area (Å²) in [6.45, 7) is 0.547. The molecule has 0 aromatic heterocycles. The minimum atomic E-state index is -0.244. The molecule has 0 atom stereocenters. The minimum absolute atomic E-state index is 0.181. The smallest absolute Gasteiger partial charge is 0.319 e. The number of rotatable bonds is 6. The molecule has 5 heteroatoms. The highest BCUT2D eigenvalue weighted by Gasteiger charge is 2.17. The Hall–Kier alpha value is -2.82. The summed E-state index contributed by atoms with van der Waals surface area (Å²) in [6.07, 6.45) is 6.37. The predicted molar refractivity (Wildman–Crippen MR) is 108 cm³/mol. The first-order valence-corrected chi connectivity index (χ1v) is 9.71. The fourth-order valence-corrected chi connectivity index (χ4v) is 3.44. The van der Waals surface area contributed by atoms with Crippen molar-refractivity contribution in [3.05, 3.63) is 65.7 Å². The van der Waals surface area contributed by atoms with Crippen molar-refractivity contribution < 1.29 is 9.59 Å². The van der Waals surface area contributed by atoms with E-state index in [2.05, 4.69) is 16.0 Å². The third kappa shape index (κ3) is 5.84. The summed E-state index contributed by atoms with van der Waals surface area (Å²) in [6, 6.07) is 17.1. The van der Waals surface area contributed by atoms with E-state index in [0.717, 1.165) is 32.1 Å². The minimum Gasteiger partial charge on any atom is -0.352 e. The van der Waals surface area contributed by atoms with Crippen molar-refractivity contribution in [3.8, 4) is 0 Å². The van der Waals surface area contributed by atoms with Crippen LogP contribution in [-0.2, 0) is 6.42 Å². The molecule has 0 unspecified atom stereocenters. The second-order valence-corrected chi connectivity index (χ2v) is 6.97. The van der Waals surface area contributed by atoms with Crippen LogP contribution in [0.5, 0.6) is 0 Å². The predicted octanol–water partition coefficient (Wildman–Crippen LogP) is 4.11. The van der Waals surface area contributed by atoms with Gasteiger partial charge in [-0.25, -0.2) is 4.79 Å². The molecule has 5 nitrogen and oxygen atoms in total. The number of carbonyl (C=O) groups excluding carboxylic acids is 2. The first-order valence-electron chi connectivity index (χ1n) is 9.71. The van der Waals surface area contributed by atoms with Gasteiger partial charge in [0, 0.05) is 12.6 Å². The molecule has 0 aliphatic heterocycles. The van der Waals surface area contributed by atoms with Crippen LogP contribution in [-0.4, -0.2) is 24.5 Å². The highest BCUT2D eigenvalue weighted by Crippen LogP contribution is 2.18. The van der Waals surface area contributed by atoms with Crippen molar-refractivity contribution in [3.63, 3.8) is 0 Å². The van der Waals surface area contributed by atoms with Crippen LogP contribution in [0.25, 0.3) is 0 Å². The van der Waals surface area contributed by atoms with Crippen molar-refractivity contribution in [2.24, 2.45) is 0 Å². The molecular formula is C22H27N3O2. The van der Waals surface area contributed by atoms with Crippen LogP contribution in [0, 0.1) is 0 Å². The number of hydrogen-bond donors (Lipinski definition) is 3. The molecule has 1 aliphatic rings. The SMILES string of the molecule is O=C(Nc1ccccc1C(=O)NCCc1ccccc1)NC1CCCCC1. The molecule has 142 valence electrons. The number of anilines is 1. The molecule has 1 fully saturated rings. The van der Waals surface area contributed by atoms with Gasteiger partial charge in [0.15, 0.2) is 0 Å². The molecule has 1 saturated carbocycles. The molecule has 2 aromatic rings. The van der Waals surface area contributed by atoms with Gasteiger partial charge < -0.3 is 16.0 Å². The average molecular weight is 365 g/mol. The number of benzene rings is 2. The normalized spacial score (nSPS) is 14.4. The van der Waals surface area contributed by atoms with Gasteiger partial charge in [0.1, 0.15) is 0 Å². The van der Waals surface area contributed by atoms with Crippen molar-refractivity contribution in [1.29, 1.82) is 0 Å². The Morgan fingerprint density at radius 3 is 2.37 bits per heavy atom. The average Bonchev–Trinajstić information content (AvgIpc) is 2.70. The van der Waals surface area contributed by atoms with Crippen molar-refractivity contribution in [2.75, 3.05) is 11.9 Å². The van der Waals surface area contributed by atoms with Gasteiger partial charge in [-0.3, -0.25) is 4.79 Å². The van der Waals surface area contributed by atoms with Gasteiger partial charge in [-0.05, 0) is 37.0 Å². The van der Waals surface area contributed by atoms with Crippen molar-refractivity contribution in [1.82, 2.24) is 10.6 Å². The van der Waals surface area contributed by atoms with Crippen LogP contribution in [0.3, 0.4) is 0 Å². The Bertz CT molecular complexity index is 755. The largest absolute Gasteiger partial charge is 0.352 e. The summed E-state index contributed by atoms with van der Waals surface area (Å²) in [5, 5.41) is 8.78. The summed E-state index contributed by atoms with van der Waals surface area (Å²) in [7, 11) is 0. The summed E-state index contributed by atoms with van der Waals surface area (Å²) >= 11 is 0. The van der Waals surface area contributed by atoms with Crippen LogP contribution in [0.2, 0.25) is 0 Å². The number of amides is 3. The zero-order chi connectivity index (χ0) is 18.9. The number of para-hydroxylation sites is 1. The van der Waals surface area contributed by atoms with Gasteiger partial charge in [0.25, 0.3) is 5.91 Å². The quantitative estimate of drug-likeness (QED) is 0.721. The van der Waals surface area contributed by atoms with E-state index in [1.165, 1.54) is 12.0 Å². The van der Waals surface area contributed by atoms with Crippen LogP contribution in [0.4, 0.5) is 10.5 Å². The van der Waals surface area contributed by atoms with Gasteiger partial charge in [0.2, 0.25) is 0 Å². The van der Waals surface area contributed by atoms with Gasteiger partial charge in [0.05, 0.1) is 11.3 Å². The maximum atomic E-state index is 12.5. The van der Waals surface area contributed by atoms with Crippen LogP contribution < -0.4 is 16.0 Å². The van der Waals surface area contributed by atoms with Crippen LogP contribution >= 0.6 is 0 Å². The van der Waals surface area contributed by atoms with E-state index >= 15 is 0 Å². The second-order valence-electron chi connectivity index (χ2n) is 6.97. The Balaban J connectivity index is 1.54. The number of urea groups is 1. The first-order chi connectivity index (χ1) is 13.2. The molecule has 0 bridgehead atoms. The highest BCUT2D eigenvalue weighted by molar-refractivity contribution is 6.03. The number of hydrogen-bond acceptors (Lipinski definition) is 2.